The van der Waals surface area contributed by atoms with E-state index in [2.05, 4.69) is 39.8 Å². The van der Waals surface area contributed by atoms with Crippen LogP contribution in [0.5, 0.6) is 0 Å². The van der Waals surface area contributed by atoms with Crippen LogP contribution in [-0.2, 0) is 22.8 Å². The molecule has 2 aromatic rings. The lowest BCUT2D eigenvalue weighted by Gasteiger charge is -2.41. The number of nitrogens with zero attached hydrogens (tertiary/aromatic N) is 1. The summed E-state index contributed by atoms with van der Waals surface area (Å²) in [5, 5.41) is 15.7. The van der Waals surface area contributed by atoms with Crippen LogP contribution in [0.1, 0.15) is 59.2 Å². The number of nitrogens with one attached hydrogen (secondary N) is 2. The van der Waals surface area contributed by atoms with Gasteiger partial charge in [-0.3, -0.25) is 14.5 Å². The van der Waals surface area contributed by atoms with Crippen molar-refractivity contribution in [1.29, 1.82) is 0 Å². The van der Waals surface area contributed by atoms with Gasteiger partial charge in [-0.15, -0.1) is 0 Å². The molecule has 6 nitrogen and oxygen atoms in total. The summed E-state index contributed by atoms with van der Waals surface area (Å²) < 4.78 is 38.7. The highest BCUT2D eigenvalue weighted by Gasteiger charge is 2.44. The SMILES string of the molecule is O=C(CNC(=O)c1cccc(C(F)(F)F)c1)N[C@H]1CN(C2CCC3(CCc4ccccc43)CC2)CC1O. The number of rotatable bonds is 5. The number of amides is 2. The third-order valence-corrected chi connectivity index (χ3v) is 8.42. The fourth-order valence-electron chi connectivity index (χ4n) is 6.42. The first-order valence-corrected chi connectivity index (χ1v) is 12.9. The first-order chi connectivity index (χ1) is 17.6. The van der Waals surface area contributed by atoms with Gasteiger partial charge in [0.15, 0.2) is 0 Å². The number of carbonyl (C=O) groups excluding carboxylic acids is 2. The molecule has 2 aromatic carbocycles. The molecule has 0 aromatic heterocycles. The van der Waals surface area contributed by atoms with Crippen molar-refractivity contribution in [3.8, 4) is 0 Å². The van der Waals surface area contributed by atoms with Gasteiger partial charge in [0.1, 0.15) is 0 Å². The summed E-state index contributed by atoms with van der Waals surface area (Å²) in [5.41, 5.74) is 2.16. The second-order valence-corrected chi connectivity index (χ2v) is 10.6. The van der Waals surface area contributed by atoms with E-state index in [1.807, 2.05) is 0 Å². The Balaban J connectivity index is 1.10. The Bertz CT molecular complexity index is 1160. The highest BCUT2D eigenvalue weighted by Crippen LogP contribution is 2.49. The molecule has 2 atom stereocenters. The number of halogens is 3. The molecular formula is C28H32F3N3O3. The van der Waals surface area contributed by atoms with Gasteiger partial charge in [0.2, 0.25) is 5.91 Å². The lowest BCUT2D eigenvalue weighted by Crippen LogP contribution is -2.47. The number of alkyl halides is 3. The number of likely N-dealkylation sites (tertiary alicyclic amines) is 1. The van der Waals surface area contributed by atoms with Crippen LogP contribution in [0.3, 0.4) is 0 Å². The number of aliphatic hydroxyl groups excluding tert-OH is 1. The first kappa shape index (κ1) is 25.7. The monoisotopic (exact) mass is 515 g/mol. The number of β-amino-alcohol motifs (C(OH)–C–C–N with tert-alkyl or cyclic N) is 1. The van der Waals surface area contributed by atoms with Crippen LogP contribution in [0.15, 0.2) is 48.5 Å². The molecule has 1 heterocycles. The molecule has 2 amide bonds. The molecular weight excluding hydrogens is 483 g/mol. The topological polar surface area (TPSA) is 81.7 Å². The molecule has 3 aliphatic rings. The number of aryl methyl sites for hydroxylation is 1. The zero-order valence-corrected chi connectivity index (χ0v) is 20.6. The normalized spacial score (nSPS) is 27.7. The maximum Gasteiger partial charge on any atom is 0.416 e. The lowest BCUT2D eigenvalue weighted by molar-refractivity contribution is -0.137. The highest BCUT2D eigenvalue weighted by molar-refractivity contribution is 5.96. The summed E-state index contributed by atoms with van der Waals surface area (Å²) in [6.07, 6.45) is 1.42. The summed E-state index contributed by atoms with van der Waals surface area (Å²) >= 11 is 0. The molecule has 9 heteroatoms. The van der Waals surface area contributed by atoms with E-state index in [1.165, 1.54) is 23.6 Å². The van der Waals surface area contributed by atoms with E-state index < -0.39 is 35.7 Å². The van der Waals surface area contributed by atoms with Crippen LogP contribution >= 0.6 is 0 Å². The number of benzene rings is 2. The van der Waals surface area contributed by atoms with Gasteiger partial charge < -0.3 is 15.7 Å². The van der Waals surface area contributed by atoms with Crippen molar-refractivity contribution in [2.45, 2.75) is 68.3 Å². The van der Waals surface area contributed by atoms with Crippen molar-refractivity contribution in [2.24, 2.45) is 0 Å². The predicted octanol–water partition coefficient (Wildman–Crippen LogP) is 3.42. The van der Waals surface area contributed by atoms with Crippen LogP contribution in [0.25, 0.3) is 0 Å². The van der Waals surface area contributed by atoms with Crippen LogP contribution < -0.4 is 10.6 Å². The standard InChI is InChI=1S/C28H32F3N3O3/c29-28(30,31)20-6-3-5-19(14-20)26(37)32-15-25(36)33-23-16-34(17-24(23)35)21-9-12-27(13-10-21)11-8-18-4-1-2-7-22(18)27/h1-7,14,21,23-24,35H,8-13,15-17H2,(H,32,37)(H,33,36)/t21?,23-,24?,27?/m0/s1. The quantitative estimate of drug-likeness (QED) is 0.570. The van der Waals surface area contributed by atoms with Gasteiger partial charge in [-0.25, -0.2) is 0 Å². The molecule has 37 heavy (non-hydrogen) atoms. The van der Waals surface area contributed by atoms with Crippen LogP contribution in [0.2, 0.25) is 0 Å². The van der Waals surface area contributed by atoms with Crippen LogP contribution in [0, 0.1) is 0 Å². The molecule has 1 saturated carbocycles. The van der Waals surface area contributed by atoms with Gasteiger partial charge in [0.05, 0.1) is 24.3 Å². The van der Waals surface area contributed by atoms with Gasteiger partial charge in [-0.2, -0.15) is 13.2 Å². The van der Waals surface area contributed by atoms with Gasteiger partial charge in [0, 0.05) is 24.7 Å². The molecule has 0 bridgehead atoms. The van der Waals surface area contributed by atoms with Gasteiger partial charge in [-0.1, -0.05) is 30.3 Å². The Labute approximate surface area is 214 Å². The van der Waals surface area contributed by atoms with E-state index in [4.69, 9.17) is 0 Å². The Morgan fingerprint density at radius 2 is 1.78 bits per heavy atom. The molecule has 3 N–H and O–H groups in total. The van der Waals surface area contributed by atoms with Crippen molar-refractivity contribution in [2.75, 3.05) is 19.6 Å². The maximum atomic E-state index is 12.9. The van der Waals surface area contributed by atoms with Gasteiger partial charge >= 0.3 is 6.18 Å². The number of hydrogen-bond donors (Lipinski definition) is 3. The van der Waals surface area contributed by atoms with E-state index in [9.17, 15) is 27.9 Å². The van der Waals surface area contributed by atoms with Crippen molar-refractivity contribution < 1.29 is 27.9 Å². The van der Waals surface area contributed by atoms with Crippen molar-refractivity contribution in [3.05, 3.63) is 70.8 Å². The van der Waals surface area contributed by atoms with Gasteiger partial charge in [0.25, 0.3) is 5.91 Å². The number of aliphatic hydroxyl groups is 1. The summed E-state index contributed by atoms with van der Waals surface area (Å²) in [7, 11) is 0. The Morgan fingerprint density at radius 3 is 2.54 bits per heavy atom. The van der Waals surface area contributed by atoms with Crippen molar-refractivity contribution in [1.82, 2.24) is 15.5 Å². The van der Waals surface area contributed by atoms with Crippen LogP contribution in [0.4, 0.5) is 13.2 Å². The van der Waals surface area contributed by atoms with Crippen molar-refractivity contribution >= 4 is 11.8 Å². The molecule has 1 saturated heterocycles. The van der Waals surface area contributed by atoms with E-state index >= 15 is 0 Å². The molecule has 1 aliphatic heterocycles. The zero-order valence-electron chi connectivity index (χ0n) is 20.6. The fourth-order valence-corrected chi connectivity index (χ4v) is 6.42. The minimum absolute atomic E-state index is 0.172. The third-order valence-electron chi connectivity index (χ3n) is 8.42. The molecule has 2 aliphatic carbocycles. The van der Waals surface area contributed by atoms with Gasteiger partial charge in [-0.05, 0) is 73.3 Å². The molecule has 198 valence electrons. The predicted molar refractivity (Wildman–Crippen MR) is 132 cm³/mol. The molecule has 2 fully saturated rings. The Kier molecular flexibility index (Phi) is 7.02. The van der Waals surface area contributed by atoms with Crippen molar-refractivity contribution in [3.63, 3.8) is 0 Å². The highest BCUT2D eigenvalue weighted by atomic mass is 19.4. The second kappa shape index (κ2) is 10.1. The summed E-state index contributed by atoms with van der Waals surface area (Å²) in [4.78, 5) is 27.0. The molecule has 1 spiro atoms. The minimum Gasteiger partial charge on any atom is -0.390 e. The Morgan fingerprint density at radius 1 is 1.03 bits per heavy atom. The van der Waals surface area contributed by atoms with Crippen LogP contribution in [-0.4, -0.2) is 59.6 Å². The molecule has 5 rings (SSSR count). The average Bonchev–Trinajstić information content (AvgIpc) is 3.43. The Hall–Kier alpha value is -2.91. The summed E-state index contributed by atoms with van der Waals surface area (Å²) in [5.74, 6) is -1.25. The number of hydrogen-bond acceptors (Lipinski definition) is 4. The van der Waals surface area contributed by atoms with E-state index in [-0.39, 0.29) is 17.5 Å². The lowest BCUT2D eigenvalue weighted by atomic mass is 9.69. The number of fused-ring (bicyclic) bond motifs is 2. The van der Waals surface area contributed by atoms with E-state index in [1.54, 1.807) is 0 Å². The minimum atomic E-state index is -4.56. The fraction of sp³-hybridized carbons (Fsp3) is 0.500. The smallest absolute Gasteiger partial charge is 0.390 e. The second-order valence-electron chi connectivity index (χ2n) is 10.6. The number of carbonyl (C=O) groups is 2. The van der Waals surface area contributed by atoms with E-state index in [0.29, 0.717) is 19.1 Å². The maximum absolute atomic E-state index is 12.9. The van der Waals surface area contributed by atoms with E-state index in [0.717, 1.165) is 50.3 Å². The molecule has 0 radical (unpaired) electrons. The first-order valence-electron chi connectivity index (χ1n) is 12.9. The molecule has 1 unspecified atom stereocenters. The third kappa shape index (κ3) is 5.38. The average molecular weight is 516 g/mol. The summed E-state index contributed by atoms with van der Waals surface area (Å²) in [6.45, 7) is 0.627. The summed E-state index contributed by atoms with van der Waals surface area (Å²) in [6, 6.07) is 12.7. The zero-order chi connectivity index (χ0) is 26.2. The largest absolute Gasteiger partial charge is 0.416 e.